The molecule has 2 amide bonds. The van der Waals surface area contributed by atoms with E-state index in [1.807, 2.05) is 0 Å². The van der Waals surface area contributed by atoms with Crippen molar-refractivity contribution < 1.29 is 23.8 Å². The second kappa shape index (κ2) is 12.9. The molecule has 0 saturated heterocycles. The summed E-state index contributed by atoms with van der Waals surface area (Å²) < 4.78 is 16.9. The van der Waals surface area contributed by atoms with Crippen LogP contribution in [0.4, 0.5) is 0 Å². The van der Waals surface area contributed by atoms with Gasteiger partial charge in [0.1, 0.15) is 17.2 Å². The summed E-state index contributed by atoms with van der Waals surface area (Å²) in [7, 11) is 1.56. The zero-order valence-corrected chi connectivity index (χ0v) is 20.5. The fourth-order valence-electron chi connectivity index (χ4n) is 2.40. The molecule has 8 nitrogen and oxygen atoms in total. The molecule has 32 heavy (non-hydrogen) atoms. The van der Waals surface area contributed by atoms with Gasteiger partial charge in [-0.25, -0.2) is 0 Å². The number of halogens is 1. The van der Waals surface area contributed by atoms with Gasteiger partial charge >= 0.3 is 0 Å². The summed E-state index contributed by atoms with van der Waals surface area (Å²) in [6.45, 7) is 4.44. The molecule has 0 radical (unpaired) electrons. The van der Waals surface area contributed by atoms with Gasteiger partial charge in [-0.2, -0.15) is 0 Å². The van der Waals surface area contributed by atoms with Crippen molar-refractivity contribution in [2.24, 2.45) is 5.92 Å². The lowest BCUT2D eigenvalue weighted by Gasteiger charge is -2.14. The Hall–Kier alpha value is -2.85. The minimum Gasteiger partial charge on any atom is -0.497 e. The van der Waals surface area contributed by atoms with Crippen LogP contribution in [0.5, 0.6) is 17.2 Å². The van der Waals surface area contributed by atoms with Gasteiger partial charge in [0.05, 0.1) is 19.3 Å². The monoisotopic (exact) mass is 523 g/mol. The number of amides is 2. The zero-order valence-electron chi connectivity index (χ0n) is 18.1. The maximum absolute atomic E-state index is 12.6. The number of rotatable bonds is 9. The summed E-state index contributed by atoms with van der Waals surface area (Å²) in [4.78, 5) is 24.6. The first-order valence-corrected chi connectivity index (χ1v) is 11.1. The SMILES string of the molecule is COc1ccc(OCC(=O)NNC(=S)NC(=O)c2cc(Br)ccc2OCCC(C)C)cc1. The number of methoxy groups -OCH3 is 1. The number of ether oxygens (including phenoxy) is 3. The van der Waals surface area contributed by atoms with Crippen LogP contribution >= 0.6 is 28.1 Å². The molecule has 2 rings (SSSR count). The summed E-state index contributed by atoms with van der Waals surface area (Å²) in [5, 5.41) is 2.45. The van der Waals surface area contributed by atoms with E-state index >= 15 is 0 Å². The van der Waals surface area contributed by atoms with Crippen LogP contribution in [0.25, 0.3) is 0 Å². The van der Waals surface area contributed by atoms with Gasteiger partial charge < -0.3 is 14.2 Å². The van der Waals surface area contributed by atoms with Crippen LogP contribution < -0.4 is 30.4 Å². The normalized spacial score (nSPS) is 10.3. The lowest BCUT2D eigenvalue weighted by molar-refractivity contribution is -0.123. The van der Waals surface area contributed by atoms with Crippen molar-refractivity contribution in [1.82, 2.24) is 16.2 Å². The molecule has 0 fully saturated rings. The molecule has 0 saturated carbocycles. The van der Waals surface area contributed by atoms with E-state index in [0.29, 0.717) is 35.3 Å². The average molecular weight is 524 g/mol. The molecule has 0 spiro atoms. The van der Waals surface area contributed by atoms with Crippen LogP contribution in [0, 0.1) is 5.92 Å². The molecule has 172 valence electrons. The van der Waals surface area contributed by atoms with Crippen LogP contribution in [0.1, 0.15) is 30.6 Å². The predicted octanol–water partition coefficient (Wildman–Crippen LogP) is 3.60. The second-order valence-corrected chi connectivity index (χ2v) is 8.42. The van der Waals surface area contributed by atoms with Gasteiger partial charge in [0.25, 0.3) is 11.8 Å². The van der Waals surface area contributed by atoms with Crippen LogP contribution in [0.2, 0.25) is 0 Å². The molecule has 0 heterocycles. The molecule has 10 heteroatoms. The number of hydrogen-bond donors (Lipinski definition) is 3. The number of thiocarbonyl (C=S) groups is 1. The van der Waals surface area contributed by atoms with Gasteiger partial charge in [-0.05, 0) is 67.0 Å². The van der Waals surface area contributed by atoms with E-state index in [1.165, 1.54) is 0 Å². The summed E-state index contributed by atoms with van der Waals surface area (Å²) in [6.07, 6.45) is 0.863. The molecule has 3 N–H and O–H groups in total. The second-order valence-electron chi connectivity index (χ2n) is 7.09. The van der Waals surface area contributed by atoms with Gasteiger partial charge in [0.2, 0.25) is 0 Å². The summed E-state index contributed by atoms with van der Waals surface area (Å²) in [6, 6.07) is 12.0. The van der Waals surface area contributed by atoms with Crippen LogP contribution in [-0.2, 0) is 4.79 Å². The maximum atomic E-state index is 12.6. The first kappa shape index (κ1) is 25.4. The Labute approximate surface area is 201 Å². The van der Waals surface area contributed by atoms with Crippen LogP contribution in [-0.4, -0.2) is 37.3 Å². The van der Waals surface area contributed by atoms with Gasteiger partial charge in [-0.3, -0.25) is 25.8 Å². The van der Waals surface area contributed by atoms with Gasteiger partial charge in [0, 0.05) is 4.47 Å². The molecule has 0 aliphatic rings. The van der Waals surface area contributed by atoms with Crippen molar-refractivity contribution in [2.45, 2.75) is 20.3 Å². The molecule has 0 atom stereocenters. The Morgan fingerprint density at radius 3 is 2.38 bits per heavy atom. The quantitative estimate of drug-likeness (QED) is 0.341. The predicted molar refractivity (Wildman–Crippen MR) is 129 cm³/mol. The van der Waals surface area contributed by atoms with Crippen molar-refractivity contribution >= 4 is 45.1 Å². The van der Waals surface area contributed by atoms with E-state index in [1.54, 1.807) is 49.6 Å². The zero-order chi connectivity index (χ0) is 23.5. The molecular weight excluding hydrogens is 498 g/mol. The lowest BCUT2D eigenvalue weighted by Crippen LogP contribution is -2.49. The average Bonchev–Trinajstić information content (AvgIpc) is 2.77. The third-order valence-corrected chi connectivity index (χ3v) is 4.81. The number of hydrazine groups is 1. The molecule has 0 aliphatic carbocycles. The first-order valence-electron chi connectivity index (χ1n) is 9.88. The molecule has 0 aromatic heterocycles. The number of benzene rings is 2. The van der Waals surface area contributed by atoms with Crippen LogP contribution in [0.15, 0.2) is 46.9 Å². The minimum absolute atomic E-state index is 0.0686. The first-order chi connectivity index (χ1) is 15.3. The molecule has 0 bridgehead atoms. The van der Waals surface area contributed by atoms with Crippen LogP contribution in [0.3, 0.4) is 0 Å². The highest BCUT2D eigenvalue weighted by molar-refractivity contribution is 9.10. The van der Waals surface area contributed by atoms with E-state index in [-0.39, 0.29) is 11.7 Å². The lowest BCUT2D eigenvalue weighted by atomic mass is 10.1. The Balaban J connectivity index is 1.82. The highest BCUT2D eigenvalue weighted by atomic mass is 79.9. The van der Waals surface area contributed by atoms with E-state index < -0.39 is 11.8 Å². The topological polar surface area (TPSA) is 97.9 Å². The third-order valence-electron chi connectivity index (χ3n) is 4.11. The number of carbonyl (C=O) groups excluding carboxylic acids is 2. The maximum Gasteiger partial charge on any atom is 0.276 e. The van der Waals surface area contributed by atoms with E-state index in [4.69, 9.17) is 26.4 Å². The molecule has 0 unspecified atom stereocenters. The largest absolute Gasteiger partial charge is 0.497 e. The van der Waals surface area contributed by atoms with Gasteiger partial charge in [0.15, 0.2) is 11.7 Å². The smallest absolute Gasteiger partial charge is 0.276 e. The Morgan fingerprint density at radius 2 is 1.72 bits per heavy atom. The highest BCUT2D eigenvalue weighted by Crippen LogP contribution is 2.24. The van der Waals surface area contributed by atoms with Crippen molar-refractivity contribution in [2.75, 3.05) is 20.3 Å². The van der Waals surface area contributed by atoms with Crippen molar-refractivity contribution in [3.05, 3.63) is 52.5 Å². The summed E-state index contributed by atoms with van der Waals surface area (Å²) >= 11 is 8.44. The summed E-state index contributed by atoms with van der Waals surface area (Å²) in [5.41, 5.74) is 5.17. The van der Waals surface area contributed by atoms with Crippen molar-refractivity contribution in [1.29, 1.82) is 0 Å². The molecule has 2 aromatic rings. The van der Waals surface area contributed by atoms with Gasteiger partial charge in [-0.15, -0.1) is 0 Å². The Morgan fingerprint density at radius 1 is 1.03 bits per heavy atom. The number of hydrogen-bond acceptors (Lipinski definition) is 6. The third kappa shape index (κ3) is 8.72. The fraction of sp³-hybridized carbons (Fsp3) is 0.318. The molecule has 0 aliphatic heterocycles. The van der Waals surface area contributed by atoms with E-state index in [0.717, 1.165) is 10.9 Å². The molecule has 2 aromatic carbocycles. The highest BCUT2D eigenvalue weighted by Gasteiger charge is 2.15. The van der Waals surface area contributed by atoms with Crippen molar-refractivity contribution in [3.63, 3.8) is 0 Å². The number of carbonyl (C=O) groups is 2. The standard InChI is InChI=1S/C22H26BrN3O5S/c1-14(2)10-11-30-19-9-4-15(23)12-18(19)21(28)24-22(32)26-25-20(27)13-31-17-7-5-16(29-3)6-8-17/h4-9,12,14H,10-11,13H2,1-3H3,(H,25,27)(H2,24,26,28,32). The van der Waals surface area contributed by atoms with Crippen molar-refractivity contribution in [3.8, 4) is 17.2 Å². The minimum atomic E-state index is -0.474. The van der Waals surface area contributed by atoms with E-state index in [9.17, 15) is 9.59 Å². The Bertz CT molecular complexity index is 938. The van der Waals surface area contributed by atoms with E-state index in [2.05, 4.69) is 45.9 Å². The number of nitrogens with one attached hydrogen (secondary N) is 3. The fourth-order valence-corrected chi connectivity index (χ4v) is 2.90. The Kier molecular flexibility index (Phi) is 10.2. The van der Waals surface area contributed by atoms with Gasteiger partial charge in [-0.1, -0.05) is 29.8 Å². The molecular formula is C22H26BrN3O5S. The summed E-state index contributed by atoms with van der Waals surface area (Å²) in [5.74, 6) is 1.19.